The zero-order chi connectivity index (χ0) is 12.5. The minimum atomic E-state index is -2.90. The molecule has 2 rings (SSSR count). The molecular formula is C12H13NO3S. The van der Waals surface area contributed by atoms with Crippen molar-refractivity contribution < 1.29 is 8.42 Å². The zero-order valence-corrected chi connectivity index (χ0v) is 10.1. The highest BCUT2D eigenvalue weighted by atomic mass is 32.2. The van der Waals surface area contributed by atoms with E-state index in [0.717, 1.165) is 0 Å². The van der Waals surface area contributed by atoms with E-state index in [4.69, 9.17) is 6.42 Å². The van der Waals surface area contributed by atoms with Gasteiger partial charge in [0.15, 0.2) is 0 Å². The van der Waals surface area contributed by atoms with Gasteiger partial charge in [-0.1, -0.05) is 5.92 Å². The summed E-state index contributed by atoms with van der Waals surface area (Å²) in [6.45, 7) is 0. The van der Waals surface area contributed by atoms with Gasteiger partial charge in [-0.15, -0.1) is 6.42 Å². The van der Waals surface area contributed by atoms with Gasteiger partial charge in [0.05, 0.1) is 11.5 Å². The lowest BCUT2D eigenvalue weighted by atomic mass is 9.94. The summed E-state index contributed by atoms with van der Waals surface area (Å²) in [6.07, 6.45) is 7.76. The molecule has 0 unspecified atom stereocenters. The minimum Gasteiger partial charge on any atom is -0.328 e. The van der Waals surface area contributed by atoms with Gasteiger partial charge in [0, 0.05) is 17.3 Å². The van der Waals surface area contributed by atoms with Gasteiger partial charge < -0.3 is 4.98 Å². The topological polar surface area (TPSA) is 67.0 Å². The standard InChI is InChI=1S/C12H13NO3S/c1-2-9-7-11(12(14)13-8-9)10-3-5-17(15,16)6-4-10/h1,7-8,10H,3-6H2,(H,13,14). The van der Waals surface area contributed by atoms with E-state index in [9.17, 15) is 13.2 Å². The van der Waals surface area contributed by atoms with Crippen molar-refractivity contribution in [3.8, 4) is 12.3 Å². The Morgan fingerprint density at radius 2 is 2.00 bits per heavy atom. The molecule has 0 spiro atoms. The summed E-state index contributed by atoms with van der Waals surface area (Å²) in [7, 11) is -2.90. The van der Waals surface area contributed by atoms with Gasteiger partial charge in [-0.05, 0) is 24.8 Å². The Kier molecular flexibility index (Phi) is 3.07. The number of pyridine rings is 1. The fourth-order valence-electron chi connectivity index (χ4n) is 2.09. The molecule has 0 atom stereocenters. The Hall–Kier alpha value is -1.54. The first kappa shape index (κ1) is 11.9. The van der Waals surface area contributed by atoms with Crippen LogP contribution >= 0.6 is 0 Å². The molecule has 1 aliphatic heterocycles. The van der Waals surface area contributed by atoms with E-state index in [-0.39, 0.29) is 23.0 Å². The van der Waals surface area contributed by atoms with Crippen LogP contribution in [0, 0.1) is 12.3 Å². The van der Waals surface area contributed by atoms with Crippen LogP contribution in [0.1, 0.15) is 29.9 Å². The van der Waals surface area contributed by atoms with Crippen LogP contribution in [0.5, 0.6) is 0 Å². The smallest absolute Gasteiger partial charge is 0.251 e. The third-order valence-electron chi connectivity index (χ3n) is 3.09. The van der Waals surface area contributed by atoms with Crippen molar-refractivity contribution in [1.82, 2.24) is 4.98 Å². The molecule has 90 valence electrons. The fourth-order valence-corrected chi connectivity index (χ4v) is 3.58. The van der Waals surface area contributed by atoms with Crippen molar-refractivity contribution >= 4 is 9.84 Å². The van der Waals surface area contributed by atoms with Crippen LogP contribution in [0.3, 0.4) is 0 Å². The van der Waals surface area contributed by atoms with Crippen LogP contribution in [-0.4, -0.2) is 24.9 Å². The summed E-state index contributed by atoms with van der Waals surface area (Å²) >= 11 is 0. The normalized spacial score (nSPS) is 19.7. The lowest BCUT2D eigenvalue weighted by Gasteiger charge is -2.21. The quantitative estimate of drug-likeness (QED) is 0.745. The molecule has 5 heteroatoms. The Labute approximate surface area is 100.0 Å². The van der Waals surface area contributed by atoms with Crippen molar-refractivity contribution in [2.45, 2.75) is 18.8 Å². The molecule has 1 fully saturated rings. The Morgan fingerprint density at radius 3 is 2.59 bits per heavy atom. The molecule has 1 aromatic heterocycles. The molecule has 4 nitrogen and oxygen atoms in total. The SMILES string of the molecule is C#Cc1c[nH]c(=O)c(C2CCS(=O)(=O)CC2)c1. The monoisotopic (exact) mass is 251 g/mol. The lowest BCUT2D eigenvalue weighted by Crippen LogP contribution is -2.26. The van der Waals surface area contributed by atoms with E-state index in [0.29, 0.717) is 24.0 Å². The van der Waals surface area contributed by atoms with Gasteiger partial charge in [0.25, 0.3) is 5.56 Å². The summed E-state index contributed by atoms with van der Waals surface area (Å²) in [5.74, 6) is 2.76. The molecule has 0 bridgehead atoms. The van der Waals surface area contributed by atoms with Gasteiger partial charge in [-0.25, -0.2) is 8.42 Å². The highest BCUT2D eigenvalue weighted by Gasteiger charge is 2.26. The molecule has 0 aromatic carbocycles. The molecule has 0 radical (unpaired) electrons. The first-order valence-corrected chi connectivity index (χ1v) is 7.23. The molecule has 0 saturated carbocycles. The third kappa shape index (κ3) is 2.59. The molecule has 0 aliphatic carbocycles. The Bertz CT molecular complexity index is 608. The molecule has 1 aromatic rings. The molecule has 17 heavy (non-hydrogen) atoms. The number of sulfone groups is 1. The fraction of sp³-hybridized carbons (Fsp3) is 0.417. The highest BCUT2D eigenvalue weighted by Crippen LogP contribution is 2.27. The van der Waals surface area contributed by atoms with Crippen molar-refractivity contribution in [2.75, 3.05) is 11.5 Å². The lowest BCUT2D eigenvalue weighted by molar-refractivity contribution is 0.548. The Morgan fingerprint density at radius 1 is 1.35 bits per heavy atom. The predicted octanol–water partition coefficient (Wildman–Crippen LogP) is 0.648. The molecular weight excluding hydrogens is 238 g/mol. The second kappa shape index (κ2) is 4.38. The molecule has 1 N–H and O–H groups in total. The summed E-state index contributed by atoms with van der Waals surface area (Å²) in [6, 6.07) is 1.68. The number of terminal acetylenes is 1. The van der Waals surface area contributed by atoms with Gasteiger partial charge in [-0.3, -0.25) is 4.79 Å². The maximum Gasteiger partial charge on any atom is 0.251 e. The second-order valence-electron chi connectivity index (χ2n) is 4.24. The summed E-state index contributed by atoms with van der Waals surface area (Å²) in [5.41, 5.74) is 1.05. The molecule has 2 heterocycles. The Balaban J connectivity index is 2.30. The van der Waals surface area contributed by atoms with Crippen LogP contribution in [0.15, 0.2) is 17.1 Å². The summed E-state index contributed by atoms with van der Waals surface area (Å²) in [5, 5.41) is 0. The van der Waals surface area contributed by atoms with Crippen LogP contribution in [-0.2, 0) is 9.84 Å². The van der Waals surface area contributed by atoms with E-state index >= 15 is 0 Å². The highest BCUT2D eigenvalue weighted by molar-refractivity contribution is 7.91. The predicted molar refractivity (Wildman–Crippen MR) is 65.6 cm³/mol. The van der Waals surface area contributed by atoms with Crippen LogP contribution in [0.2, 0.25) is 0 Å². The van der Waals surface area contributed by atoms with Crippen molar-refractivity contribution in [3.05, 3.63) is 33.7 Å². The average molecular weight is 251 g/mol. The first-order chi connectivity index (χ1) is 8.02. The van der Waals surface area contributed by atoms with E-state index in [2.05, 4.69) is 10.9 Å². The maximum absolute atomic E-state index is 11.7. The number of hydrogen-bond acceptors (Lipinski definition) is 3. The van der Waals surface area contributed by atoms with E-state index in [1.807, 2.05) is 0 Å². The van der Waals surface area contributed by atoms with Crippen molar-refractivity contribution in [1.29, 1.82) is 0 Å². The molecule has 1 saturated heterocycles. The van der Waals surface area contributed by atoms with Crippen LogP contribution in [0.25, 0.3) is 0 Å². The van der Waals surface area contributed by atoms with Gasteiger partial charge in [0.1, 0.15) is 9.84 Å². The number of hydrogen-bond donors (Lipinski definition) is 1. The number of nitrogens with one attached hydrogen (secondary N) is 1. The minimum absolute atomic E-state index is 0.00410. The van der Waals surface area contributed by atoms with Crippen LogP contribution < -0.4 is 5.56 Å². The maximum atomic E-state index is 11.7. The van der Waals surface area contributed by atoms with Gasteiger partial charge >= 0.3 is 0 Å². The number of rotatable bonds is 1. The summed E-state index contributed by atoms with van der Waals surface area (Å²) < 4.78 is 22.6. The van der Waals surface area contributed by atoms with E-state index < -0.39 is 9.84 Å². The first-order valence-electron chi connectivity index (χ1n) is 5.41. The largest absolute Gasteiger partial charge is 0.328 e. The average Bonchev–Trinajstić information content (AvgIpc) is 2.30. The zero-order valence-electron chi connectivity index (χ0n) is 9.27. The number of aromatic amines is 1. The van der Waals surface area contributed by atoms with E-state index in [1.165, 1.54) is 6.20 Å². The van der Waals surface area contributed by atoms with Crippen LogP contribution in [0.4, 0.5) is 0 Å². The summed E-state index contributed by atoms with van der Waals surface area (Å²) in [4.78, 5) is 14.3. The second-order valence-corrected chi connectivity index (χ2v) is 6.55. The number of aromatic nitrogens is 1. The third-order valence-corrected chi connectivity index (χ3v) is 4.81. The number of H-pyrrole nitrogens is 1. The molecule has 1 aliphatic rings. The van der Waals surface area contributed by atoms with Crippen molar-refractivity contribution in [2.24, 2.45) is 0 Å². The van der Waals surface area contributed by atoms with Gasteiger partial charge in [-0.2, -0.15) is 0 Å². The molecule has 0 amide bonds. The van der Waals surface area contributed by atoms with Gasteiger partial charge in [0.2, 0.25) is 0 Å². The van der Waals surface area contributed by atoms with E-state index in [1.54, 1.807) is 6.07 Å². The van der Waals surface area contributed by atoms with Crippen molar-refractivity contribution in [3.63, 3.8) is 0 Å².